The summed E-state index contributed by atoms with van der Waals surface area (Å²) in [6, 6.07) is 15.8. The number of halogens is 1. The van der Waals surface area contributed by atoms with Gasteiger partial charge < -0.3 is 10.6 Å². The summed E-state index contributed by atoms with van der Waals surface area (Å²) >= 11 is 0. The summed E-state index contributed by atoms with van der Waals surface area (Å²) in [6.07, 6.45) is 11.6. The van der Waals surface area contributed by atoms with Crippen LogP contribution in [0.4, 0.5) is 4.39 Å². The lowest BCUT2D eigenvalue weighted by molar-refractivity contribution is -0.125. The highest BCUT2D eigenvalue weighted by molar-refractivity contribution is 5.82. The van der Waals surface area contributed by atoms with E-state index in [0.29, 0.717) is 50.0 Å². The van der Waals surface area contributed by atoms with Gasteiger partial charge in [0.2, 0.25) is 0 Å². The van der Waals surface area contributed by atoms with Gasteiger partial charge in [0.25, 0.3) is 0 Å². The summed E-state index contributed by atoms with van der Waals surface area (Å²) in [4.78, 5) is 26.2. The Labute approximate surface area is 265 Å². The number of carbonyl (C=O) groups is 1. The van der Waals surface area contributed by atoms with E-state index in [0.717, 1.165) is 71.5 Å². The first-order chi connectivity index (χ1) is 21.3. The molecule has 0 amide bonds. The van der Waals surface area contributed by atoms with Crippen molar-refractivity contribution in [2.24, 2.45) is 11.7 Å². The lowest BCUT2D eigenvalue weighted by atomic mass is 9.76. The van der Waals surface area contributed by atoms with E-state index in [2.05, 4.69) is 64.2 Å². The van der Waals surface area contributed by atoms with Gasteiger partial charge >= 0.3 is 0 Å². The summed E-state index contributed by atoms with van der Waals surface area (Å²) < 4.78 is 14.4. The molecule has 6 nitrogen and oxygen atoms in total. The Balaban J connectivity index is 1.22. The summed E-state index contributed by atoms with van der Waals surface area (Å²) in [6.45, 7) is 8.67. The van der Waals surface area contributed by atoms with Crippen molar-refractivity contribution in [3.63, 3.8) is 0 Å². The SMILES string of the molecule is CN1CCN(CC[C@@H](CC(=O)C2CCC(C)(F)CC2)c2ccccc2)C[C@H]1CN(CCCCN)C1CCCc2cccnc21. The fourth-order valence-electron chi connectivity index (χ4n) is 7.86. The third kappa shape index (κ3) is 8.96. The molecule has 3 aliphatic rings. The molecule has 7 heteroatoms. The van der Waals surface area contributed by atoms with Gasteiger partial charge in [-0.05, 0) is 121 Å². The van der Waals surface area contributed by atoms with Crippen molar-refractivity contribution in [3.8, 4) is 0 Å². The molecule has 1 aromatic heterocycles. The van der Waals surface area contributed by atoms with Crippen molar-refractivity contribution >= 4 is 5.78 Å². The number of aryl methyl sites for hydroxylation is 1. The number of pyridine rings is 1. The number of rotatable bonds is 14. The number of hydrogen-bond donors (Lipinski definition) is 1. The Morgan fingerprint density at radius 3 is 2.68 bits per heavy atom. The van der Waals surface area contributed by atoms with Crippen LogP contribution in [-0.2, 0) is 11.2 Å². The molecule has 2 heterocycles. The van der Waals surface area contributed by atoms with Crippen molar-refractivity contribution in [2.75, 3.05) is 52.9 Å². The summed E-state index contributed by atoms with van der Waals surface area (Å²) in [5, 5.41) is 0. The van der Waals surface area contributed by atoms with Gasteiger partial charge in [0.15, 0.2) is 0 Å². The molecule has 2 aromatic rings. The van der Waals surface area contributed by atoms with Crippen LogP contribution in [0.15, 0.2) is 48.7 Å². The van der Waals surface area contributed by atoms with Crippen LogP contribution in [0.1, 0.15) is 99.9 Å². The van der Waals surface area contributed by atoms with Crippen molar-refractivity contribution in [2.45, 2.75) is 101 Å². The number of benzene rings is 1. The topological polar surface area (TPSA) is 65.7 Å². The minimum Gasteiger partial charge on any atom is -0.330 e. The molecule has 1 aromatic carbocycles. The number of fused-ring (bicyclic) bond motifs is 1. The van der Waals surface area contributed by atoms with Crippen molar-refractivity contribution in [3.05, 3.63) is 65.5 Å². The van der Waals surface area contributed by atoms with E-state index in [1.807, 2.05) is 6.20 Å². The number of likely N-dealkylation sites (N-methyl/N-ethyl adjacent to an activating group) is 1. The van der Waals surface area contributed by atoms with Crippen molar-refractivity contribution in [1.82, 2.24) is 19.7 Å². The number of hydrogen-bond acceptors (Lipinski definition) is 6. The van der Waals surface area contributed by atoms with Crippen LogP contribution in [0.3, 0.4) is 0 Å². The first kappa shape index (κ1) is 33.2. The Morgan fingerprint density at radius 2 is 1.91 bits per heavy atom. The largest absolute Gasteiger partial charge is 0.330 e. The van der Waals surface area contributed by atoms with Crippen LogP contribution in [0.5, 0.6) is 0 Å². The molecule has 0 bridgehead atoms. The molecule has 0 radical (unpaired) electrons. The first-order valence-corrected chi connectivity index (χ1v) is 17.4. The highest BCUT2D eigenvalue weighted by Crippen LogP contribution is 2.37. The number of nitrogens with zero attached hydrogens (tertiary/aromatic N) is 4. The maximum Gasteiger partial charge on any atom is 0.136 e. The minimum atomic E-state index is -1.11. The number of aromatic nitrogens is 1. The minimum absolute atomic E-state index is 0.0164. The van der Waals surface area contributed by atoms with Crippen LogP contribution in [-0.4, -0.2) is 90.0 Å². The smallest absolute Gasteiger partial charge is 0.136 e. The van der Waals surface area contributed by atoms with Crippen LogP contribution in [0.2, 0.25) is 0 Å². The maximum atomic E-state index is 14.4. The van der Waals surface area contributed by atoms with Gasteiger partial charge in [0.1, 0.15) is 11.5 Å². The molecular weight excluding hydrogens is 549 g/mol. The van der Waals surface area contributed by atoms with Gasteiger partial charge in [-0.1, -0.05) is 36.4 Å². The normalized spacial score (nSPS) is 27.2. The zero-order valence-corrected chi connectivity index (χ0v) is 27.3. The second-order valence-electron chi connectivity index (χ2n) is 14.1. The summed E-state index contributed by atoms with van der Waals surface area (Å²) in [7, 11) is 2.28. The molecule has 2 N–H and O–H groups in total. The molecule has 1 saturated heterocycles. The van der Waals surface area contributed by atoms with Gasteiger partial charge in [-0.15, -0.1) is 0 Å². The van der Waals surface area contributed by atoms with E-state index in [4.69, 9.17) is 10.7 Å². The standard InChI is InChI=1S/C37H56FN5O/c1-37(38)18-15-30(16-19-37)35(44)26-32(29-10-4-3-5-11-29)17-23-42-25-24-41(2)33(27-42)28-43(22-7-6-20-39)34-14-8-12-31-13-9-21-40-36(31)34/h3-5,9-11,13,21,30,32-34H,6-8,12,14-20,22-28,39H2,1-2H3/t30?,32-,33-,34?,37?/m0/s1. The van der Waals surface area contributed by atoms with E-state index in [1.165, 1.54) is 29.7 Å². The highest BCUT2D eigenvalue weighted by atomic mass is 19.1. The monoisotopic (exact) mass is 605 g/mol. The zero-order valence-electron chi connectivity index (χ0n) is 27.3. The molecule has 5 rings (SSSR count). The fourth-order valence-corrected chi connectivity index (χ4v) is 7.86. The Kier molecular flexibility index (Phi) is 12.0. The van der Waals surface area contributed by atoms with E-state index in [9.17, 15) is 9.18 Å². The van der Waals surface area contributed by atoms with Crippen molar-refractivity contribution in [1.29, 1.82) is 0 Å². The van der Waals surface area contributed by atoms with Crippen molar-refractivity contribution < 1.29 is 9.18 Å². The lowest BCUT2D eigenvalue weighted by Crippen LogP contribution is -2.56. The molecule has 44 heavy (non-hydrogen) atoms. The number of carbonyl (C=O) groups excluding carboxylic acids is 1. The number of alkyl halides is 1. The molecule has 0 spiro atoms. The third-order valence-electron chi connectivity index (χ3n) is 10.8. The lowest BCUT2D eigenvalue weighted by Gasteiger charge is -2.44. The molecule has 2 fully saturated rings. The molecule has 3 atom stereocenters. The van der Waals surface area contributed by atoms with E-state index in [-0.39, 0.29) is 11.8 Å². The quantitative estimate of drug-likeness (QED) is 0.260. The summed E-state index contributed by atoms with van der Waals surface area (Å²) in [5.41, 5.74) is 8.75. The van der Waals surface area contributed by atoms with Crippen LogP contribution in [0, 0.1) is 5.92 Å². The Bertz CT molecular complexity index is 1170. The van der Waals surface area contributed by atoms with Gasteiger partial charge in [-0.2, -0.15) is 0 Å². The zero-order chi connectivity index (χ0) is 30.9. The number of unbranched alkanes of at least 4 members (excludes halogenated alkanes) is 1. The maximum absolute atomic E-state index is 14.4. The molecule has 1 unspecified atom stereocenters. The second kappa shape index (κ2) is 15.9. The molecule has 1 aliphatic heterocycles. The van der Waals surface area contributed by atoms with Crippen LogP contribution < -0.4 is 5.73 Å². The second-order valence-corrected chi connectivity index (χ2v) is 14.1. The summed E-state index contributed by atoms with van der Waals surface area (Å²) in [5.74, 6) is 0.556. The van der Waals surface area contributed by atoms with E-state index >= 15 is 0 Å². The molecule has 2 aliphatic carbocycles. The Morgan fingerprint density at radius 1 is 1.11 bits per heavy atom. The van der Waals surface area contributed by atoms with Crippen LogP contribution in [0.25, 0.3) is 0 Å². The third-order valence-corrected chi connectivity index (χ3v) is 10.8. The Hall–Kier alpha value is -2.19. The van der Waals surface area contributed by atoms with Gasteiger partial charge in [-0.25, -0.2) is 4.39 Å². The number of nitrogens with two attached hydrogens (primary N) is 1. The molecule has 242 valence electrons. The predicted molar refractivity (Wildman–Crippen MR) is 178 cm³/mol. The molecular formula is C37H56FN5O. The number of piperazine rings is 1. The number of ketones is 1. The van der Waals surface area contributed by atoms with E-state index < -0.39 is 5.67 Å². The first-order valence-electron chi connectivity index (χ1n) is 17.4. The highest BCUT2D eigenvalue weighted by Gasteiger charge is 2.35. The van der Waals surface area contributed by atoms with E-state index in [1.54, 1.807) is 6.92 Å². The van der Waals surface area contributed by atoms with Gasteiger partial charge in [-0.3, -0.25) is 19.6 Å². The van der Waals surface area contributed by atoms with Gasteiger partial charge in [0.05, 0.1) is 11.7 Å². The average molecular weight is 606 g/mol. The van der Waals surface area contributed by atoms with Gasteiger partial charge in [0, 0.05) is 50.8 Å². The fraction of sp³-hybridized carbons (Fsp3) is 0.676. The molecule has 1 saturated carbocycles. The average Bonchev–Trinajstić information content (AvgIpc) is 3.04. The predicted octanol–water partition coefficient (Wildman–Crippen LogP) is 6.17. The number of Topliss-reactive ketones (excluding diaryl/α,β-unsaturated/α-hetero) is 1. The van der Waals surface area contributed by atoms with Crippen LogP contribution >= 0.6 is 0 Å².